The Morgan fingerprint density at radius 1 is 1.23 bits per heavy atom. The molecule has 72 valence electrons. The Kier molecular flexibility index (Phi) is 4.77. The molecule has 0 unspecified atom stereocenters. The summed E-state index contributed by atoms with van der Waals surface area (Å²) in [6, 6.07) is 9.97. The van der Waals surface area contributed by atoms with Gasteiger partial charge in [-0.15, -0.1) is 5.10 Å². The van der Waals surface area contributed by atoms with Crippen LogP contribution in [0.15, 0.2) is 36.7 Å². The van der Waals surface area contributed by atoms with E-state index in [0.29, 0.717) is 0 Å². The average Bonchev–Trinajstić information content (AvgIpc) is 2.58. The summed E-state index contributed by atoms with van der Waals surface area (Å²) in [6.45, 7) is 0. The van der Waals surface area contributed by atoms with E-state index >= 15 is 0 Å². The Hall–Kier alpha value is -0.620. The fourth-order valence-corrected chi connectivity index (χ4v) is 0.924. The fourth-order valence-electron chi connectivity index (χ4n) is 0.556. The second kappa shape index (κ2) is 5.93. The van der Waals surface area contributed by atoms with E-state index in [1.54, 1.807) is 0 Å². The summed E-state index contributed by atoms with van der Waals surface area (Å²) in [5, 5.41) is 9.89. The van der Waals surface area contributed by atoms with Crippen LogP contribution in [-0.4, -0.2) is 19.6 Å². The van der Waals surface area contributed by atoms with Crippen molar-refractivity contribution in [3.05, 3.63) is 36.7 Å². The minimum atomic E-state index is 1.13. The molecule has 0 bridgehead atoms. The van der Waals surface area contributed by atoms with E-state index < -0.39 is 0 Å². The second-order valence-electron chi connectivity index (χ2n) is 1.98. The van der Waals surface area contributed by atoms with Gasteiger partial charge >= 0.3 is 55.2 Å². The molecule has 1 aromatic carbocycles. The van der Waals surface area contributed by atoms with Crippen molar-refractivity contribution in [1.82, 2.24) is 19.6 Å². The van der Waals surface area contributed by atoms with Crippen LogP contribution in [0.1, 0.15) is 0 Å². The number of aromatic nitrogens is 4. The predicted molar refractivity (Wildman–Crippen MR) is 48.3 cm³/mol. The molecule has 4 nitrogen and oxygen atoms in total. The van der Waals surface area contributed by atoms with Crippen LogP contribution in [0.5, 0.6) is 0 Å². The molecular weight excluding hydrogens is 280 g/mol. The van der Waals surface area contributed by atoms with E-state index in [4.69, 9.17) is 0 Å². The Morgan fingerprint density at radius 3 is 2.15 bits per heavy atom. The van der Waals surface area contributed by atoms with Crippen molar-refractivity contribution in [3.8, 4) is 0 Å². The summed E-state index contributed by atoms with van der Waals surface area (Å²) in [4.78, 5) is 0. The number of hydrogen-bond acceptors (Lipinski definition) is 4. The van der Waals surface area contributed by atoms with E-state index in [9.17, 15) is 0 Å². The Balaban J connectivity index is 0.000000132. The van der Waals surface area contributed by atoms with Crippen molar-refractivity contribution in [2.24, 2.45) is 0 Å². The third-order valence-corrected chi connectivity index (χ3v) is 1.72. The van der Waals surface area contributed by atoms with Crippen molar-refractivity contribution < 1.29 is 21.1 Å². The van der Waals surface area contributed by atoms with Gasteiger partial charge in [-0.3, -0.25) is 0 Å². The van der Waals surface area contributed by atoms with Crippen molar-refractivity contribution in [2.75, 3.05) is 0 Å². The van der Waals surface area contributed by atoms with Gasteiger partial charge in [0.15, 0.2) is 6.33 Å². The summed E-state index contributed by atoms with van der Waals surface area (Å²) in [5.41, 5.74) is 0. The van der Waals surface area contributed by atoms with Gasteiger partial charge in [0.1, 0.15) is 0 Å². The topological polar surface area (TPSA) is 43.6 Å². The number of nitrogens with zero attached hydrogens (tertiary/aromatic N) is 4. The van der Waals surface area contributed by atoms with Crippen LogP contribution in [0.3, 0.4) is 0 Å². The first-order valence-corrected chi connectivity index (χ1v) is 4.52. The van der Waals surface area contributed by atoms with Gasteiger partial charge in [0, 0.05) is 0 Å². The predicted octanol–water partition coefficient (Wildman–Crippen LogP) is 0.225. The molecule has 13 heavy (non-hydrogen) atoms. The molecule has 0 aliphatic heterocycles. The van der Waals surface area contributed by atoms with Crippen LogP contribution in [0, 0.1) is 0 Å². The van der Waals surface area contributed by atoms with Gasteiger partial charge in [-0.25, -0.2) is 0 Å². The van der Waals surface area contributed by atoms with Gasteiger partial charge in [-0.05, 0) is 23.2 Å². The maximum absolute atomic E-state index is 3.72. The SMILES string of the molecule is Sn1cnnn1.[Ag][c]1ccccc1. The van der Waals surface area contributed by atoms with E-state index in [0.717, 1.165) is 3.78 Å². The zero-order chi connectivity index (χ0) is 9.52. The van der Waals surface area contributed by atoms with Crippen LogP contribution >= 0.6 is 12.8 Å². The Bertz CT molecular complexity index is 323. The van der Waals surface area contributed by atoms with Crippen molar-refractivity contribution in [1.29, 1.82) is 0 Å². The van der Waals surface area contributed by atoms with E-state index in [2.05, 4.69) is 49.4 Å². The normalized spacial score (nSPS) is 8.85. The molecule has 0 N–H and O–H groups in total. The van der Waals surface area contributed by atoms with E-state index in [1.165, 1.54) is 10.4 Å². The van der Waals surface area contributed by atoms with Crippen LogP contribution < -0.4 is 3.78 Å². The molecule has 1 heterocycles. The first kappa shape index (κ1) is 10.5. The third kappa shape index (κ3) is 4.84. The quantitative estimate of drug-likeness (QED) is 0.557. The molecule has 0 fully saturated rings. The summed E-state index contributed by atoms with van der Waals surface area (Å²) >= 11 is 7.04. The van der Waals surface area contributed by atoms with Crippen LogP contribution in [0.25, 0.3) is 0 Å². The number of thiol groups is 1. The van der Waals surface area contributed by atoms with Gasteiger partial charge < -0.3 is 0 Å². The maximum atomic E-state index is 3.72. The number of benzene rings is 1. The van der Waals surface area contributed by atoms with Crippen LogP contribution in [-0.2, 0) is 21.1 Å². The minimum absolute atomic E-state index is 1.13. The zero-order valence-electron chi connectivity index (χ0n) is 6.50. The number of rotatable bonds is 0. The molecule has 2 rings (SSSR count). The summed E-state index contributed by atoms with van der Waals surface area (Å²) in [5.74, 6) is 0. The van der Waals surface area contributed by atoms with Crippen LogP contribution in [0.2, 0.25) is 0 Å². The van der Waals surface area contributed by atoms with E-state index in [-0.39, 0.29) is 0 Å². The number of hydrogen-bond donors (Lipinski definition) is 1. The summed E-state index contributed by atoms with van der Waals surface area (Å²) in [7, 11) is 0. The molecule has 0 saturated carbocycles. The van der Waals surface area contributed by atoms with Gasteiger partial charge in [0.25, 0.3) is 0 Å². The van der Waals surface area contributed by atoms with Gasteiger partial charge in [-0.1, -0.05) is 0 Å². The molecule has 0 spiro atoms. The molecule has 0 atom stereocenters. The van der Waals surface area contributed by atoms with Crippen LogP contribution in [0.4, 0.5) is 0 Å². The van der Waals surface area contributed by atoms with Gasteiger partial charge in [-0.2, -0.15) is 4.09 Å². The molecule has 0 aliphatic carbocycles. The molecule has 6 heteroatoms. The fraction of sp³-hybridized carbons (Fsp3) is 0. The monoisotopic (exact) mass is 286 g/mol. The third-order valence-electron chi connectivity index (χ3n) is 1.05. The molecular formula is C7H7AgN4S. The first-order chi connectivity index (χ1) is 6.29. The standard InChI is InChI=1S/C6H5.CH2N4S.Ag/c1-2-4-6-5-3-1;6-5-1-2-3-4-5;/h1-5H;1,6H;. The molecule has 0 aliphatic rings. The second-order valence-corrected chi connectivity index (χ2v) is 3.25. The average molecular weight is 287 g/mol. The molecule has 0 radical (unpaired) electrons. The Morgan fingerprint density at radius 2 is 1.92 bits per heavy atom. The first-order valence-electron chi connectivity index (χ1n) is 3.38. The van der Waals surface area contributed by atoms with Gasteiger partial charge in [0.2, 0.25) is 0 Å². The zero-order valence-corrected chi connectivity index (χ0v) is 8.88. The molecule has 0 amide bonds. The number of tetrazole rings is 1. The molecule has 0 saturated heterocycles. The summed E-state index contributed by atoms with van der Waals surface area (Å²) < 4.78 is 2.35. The van der Waals surface area contributed by atoms with Crippen molar-refractivity contribution in [2.45, 2.75) is 0 Å². The molecule has 2 aromatic rings. The van der Waals surface area contributed by atoms with E-state index in [1.807, 2.05) is 30.3 Å². The molecule has 1 aromatic heterocycles. The van der Waals surface area contributed by atoms with Crippen molar-refractivity contribution in [3.63, 3.8) is 0 Å². The van der Waals surface area contributed by atoms with Crippen molar-refractivity contribution >= 4 is 16.6 Å². The summed E-state index contributed by atoms with van der Waals surface area (Å²) in [6.07, 6.45) is 1.39. The van der Waals surface area contributed by atoms with Gasteiger partial charge in [0.05, 0.1) is 0 Å². The Labute approximate surface area is 93.8 Å².